The van der Waals surface area contributed by atoms with Gasteiger partial charge in [-0.2, -0.15) is 0 Å². The molecular formula is C19H26N6O. The van der Waals surface area contributed by atoms with Gasteiger partial charge in [-0.1, -0.05) is 12.8 Å². The van der Waals surface area contributed by atoms with Crippen LogP contribution in [0.2, 0.25) is 0 Å². The first-order chi connectivity index (χ1) is 12.6. The molecule has 1 amide bonds. The molecule has 0 radical (unpaired) electrons. The second-order valence-corrected chi connectivity index (χ2v) is 6.73. The Morgan fingerprint density at radius 3 is 2.62 bits per heavy atom. The van der Waals surface area contributed by atoms with Gasteiger partial charge in [0.15, 0.2) is 0 Å². The summed E-state index contributed by atoms with van der Waals surface area (Å²) in [6, 6.07) is 5.75. The number of carbonyl (C=O) groups excluding carboxylic acids is 1. The number of aromatic nitrogens is 3. The van der Waals surface area contributed by atoms with E-state index in [0.717, 1.165) is 30.0 Å². The lowest BCUT2D eigenvalue weighted by Gasteiger charge is -2.12. The highest BCUT2D eigenvalue weighted by molar-refractivity contribution is 5.78. The largest absolute Gasteiger partial charge is 0.368 e. The number of anilines is 3. The Bertz CT molecular complexity index is 757. The summed E-state index contributed by atoms with van der Waals surface area (Å²) >= 11 is 0. The number of amides is 1. The zero-order valence-electron chi connectivity index (χ0n) is 15.4. The minimum atomic E-state index is 0.177. The average molecular weight is 354 g/mol. The number of aryl methyl sites for hydroxylation is 2. The number of hydrogen-bond donors (Lipinski definition) is 3. The Morgan fingerprint density at radius 1 is 1.08 bits per heavy atom. The van der Waals surface area contributed by atoms with Crippen LogP contribution < -0.4 is 16.0 Å². The van der Waals surface area contributed by atoms with Crippen LogP contribution in [0, 0.1) is 19.8 Å². The summed E-state index contributed by atoms with van der Waals surface area (Å²) in [6.07, 6.45) is 6.14. The van der Waals surface area contributed by atoms with E-state index in [1.165, 1.54) is 12.8 Å². The number of nitrogens with zero attached hydrogens (tertiary/aromatic N) is 3. The van der Waals surface area contributed by atoms with Gasteiger partial charge in [0.25, 0.3) is 0 Å². The van der Waals surface area contributed by atoms with Crippen molar-refractivity contribution in [3.63, 3.8) is 0 Å². The van der Waals surface area contributed by atoms with Gasteiger partial charge in [0.05, 0.1) is 0 Å². The van der Waals surface area contributed by atoms with Crippen molar-refractivity contribution in [1.82, 2.24) is 20.3 Å². The van der Waals surface area contributed by atoms with Crippen molar-refractivity contribution in [1.29, 1.82) is 0 Å². The molecule has 0 unspecified atom stereocenters. The van der Waals surface area contributed by atoms with E-state index in [9.17, 15) is 4.79 Å². The lowest BCUT2D eigenvalue weighted by Crippen LogP contribution is -2.33. The maximum Gasteiger partial charge on any atom is 0.223 e. The molecule has 138 valence electrons. The maximum absolute atomic E-state index is 12.0. The zero-order valence-corrected chi connectivity index (χ0v) is 15.4. The summed E-state index contributed by atoms with van der Waals surface area (Å²) in [4.78, 5) is 25.1. The molecule has 3 N–H and O–H groups in total. The van der Waals surface area contributed by atoms with Crippen molar-refractivity contribution >= 4 is 23.4 Å². The van der Waals surface area contributed by atoms with Crippen molar-refractivity contribution in [3.05, 3.63) is 35.8 Å². The fourth-order valence-electron chi connectivity index (χ4n) is 3.17. The SMILES string of the molecule is Cc1ccnc(Nc2cc(NCCNC(=O)C3CCCC3)nc(C)n2)c1. The number of rotatable bonds is 7. The smallest absolute Gasteiger partial charge is 0.223 e. The molecule has 0 atom stereocenters. The highest BCUT2D eigenvalue weighted by Crippen LogP contribution is 2.24. The van der Waals surface area contributed by atoms with E-state index in [1.807, 2.05) is 32.0 Å². The minimum Gasteiger partial charge on any atom is -0.368 e. The van der Waals surface area contributed by atoms with Gasteiger partial charge >= 0.3 is 0 Å². The highest BCUT2D eigenvalue weighted by atomic mass is 16.1. The minimum absolute atomic E-state index is 0.177. The molecule has 0 saturated heterocycles. The third-order valence-electron chi connectivity index (χ3n) is 4.47. The van der Waals surface area contributed by atoms with Gasteiger partial charge in [-0.15, -0.1) is 0 Å². The average Bonchev–Trinajstić information content (AvgIpc) is 3.13. The first kappa shape index (κ1) is 18.1. The van der Waals surface area contributed by atoms with E-state index in [1.54, 1.807) is 6.20 Å². The molecule has 1 fully saturated rings. The molecule has 0 spiro atoms. The lowest BCUT2D eigenvalue weighted by atomic mass is 10.1. The summed E-state index contributed by atoms with van der Waals surface area (Å²) in [5.41, 5.74) is 1.13. The zero-order chi connectivity index (χ0) is 18.4. The number of hydrogen-bond acceptors (Lipinski definition) is 6. The normalized spacial score (nSPS) is 14.2. The second kappa shape index (κ2) is 8.60. The molecule has 2 aromatic rings. The Labute approximate surface area is 154 Å². The Kier molecular flexibility index (Phi) is 5.99. The topological polar surface area (TPSA) is 91.8 Å². The van der Waals surface area contributed by atoms with Gasteiger partial charge in [0.1, 0.15) is 23.3 Å². The summed E-state index contributed by atoms with van der Waals surface area (Å²) < 4.78 is 0. The van der Waals surface area contributed by atoms with Crippen LogP contribution in [-0.2, 0) is 4.79 Å². The Hall–Kier alpha value is -2.70. The van der Waals surface area contributed by atoms with Crippen LogP contribution in [-0.4, -0.2) is 33.9 Å². The molecule has 3 rings (SSSR count). The molecule has 2 aromatic heterocycles. The monoisotopic (exact) mass is 354 g/mol. The fourth-order valence-corrected chi connectivity index (χ4v) is 3.17. The highest BCUT2D eigenvalue weighted by Gasteiger charge is 2.21. The van der Waals surface area contributed by atoms with Gasteiger partial charge < -0.3 is 16.0 Å². The fraction of sp³-hybridized carbons (Fsp3) is 0.474. The predicted molar refractivity (Wildman–Crippen MR) is 102 cm³/mol. The van der Waals surface area contributed by atoms with E-state index >= 15 is 0 Å². The summed E-state index contributed by atoms with van der Waals surface area (Å²) in [6.45, 7) is 5.07. The molecule has 0 aliphatic heterocycles. The predicted octanol–water partition coefficient (Wildman–Crippen LogP) is 2.95. The number of carbonyl (C=O) groups is 1. The van der Waals surface area contributed by atoms with Crippen LogP contribution in [0.3, 0.4) is 0 Å². The molecule has 7 heteroatoms. The van der Waals surface area contributed by atoms with E-state index in [-0.39, 0.29) is 11.8 Å². The van der Waals surface area contributed by atoms with Crippen molar-refractivity contribution in [2.45, 2.75) is 39.5 Å². The van der Waals surface area contributed by atoms with Gasteiger partial charge in [0, 0.05) is 31.3 Å². The third-order valence-corrected chi connectivity index (χ3v) is 4.47. The Balaban J connectivity index is 1.51. The van der Waals surface area contributed by atoms with Gasteiger partial charge in [0.2, 0.25) is 5.91 Å². The van der Waals surface area contributed by atoms with Crippen LogP contribution in [0.5, 0.6) is 0 Å². The molecule has 26 heavy (non-hydrogen) atoms. The van der Waals surface area contributed by atoms with Crippen LogP contribution in [0.15, 0.2) is 24.4 Å². The number of pyridine rings is 1. The molecule has 7 nitrogen and oxygen atoms in total. The van der Waals surface area contributed by atoms with Crippen molar-refractivity contribution < 1.29 is 4.79 Å². The van der Waals surface area contributed by atoms with E-state index in [2.05, 4.69) is 30.9 Å². The maximum atomic E-state index is 12.0. The third kappa shape index (κ3) is 5.15. The van der Waals surface area contributed by atoms with E-state index in [0.29, 0.717) is 24.7 Å². The van der Waals surface area contributed by atoms with Gasteiger partial charge in [-0.25, -0.2) is 15.0 Å². The van der Waals surface area contributed by atoms with Gasteiger partial charge in [-0.3, -0.25) is 4.79 Å². The first-order valence-corrected chi connectivity index (χ1v) is 9.17. The quantitative estimate of drug-likeness (QED) is 0.662. The molecule has 2 heterocycles. The van der Waals surface area contributed by atoms with E-state index in [4.69, 9.17) is 0 Å². The molecule has 1 saturated carbocycles. The summed E-state index contributed by atoms with van der Waals surface area (Å²) in [7, 11) is 0. The van der Waals surface area contributed by atoms with Crippen molar-refractivity contribution in [3.8, 4) is 0 Å². The van der Waals surface area contributed by atoms with E-state index < -0.39 is 0 Å². The Morgan fingerprint density at radius 2 is 1.85 bits per heavy atom. The molecular weight excluding hydrogens is 328 g/mol. The van der Waals surface area contributed by atoms with Crippen LogP contribution >= 0.6 is 0 Å². The molecule has 0 aromatic carbocycles. The van der Waals surface area contributed by atoms with Crippen molar-refractivity contribution in [2.24, 2.45) is 5.92 Å². The van der Waals surface area contributed by atoms with Crippen molar-refractivity contribution in [2.75, 3.05) is 23.7 Å². The van der Waals surface area contributed by atoms with Gasteiger partial charge in [-0.05, 0) is 44.4 Å². The summed E-state index contributed by atoms with van der Waals surface area (Å²) in [5.74, 6) is 3.21. The summed E-state index contributed by atoms with van der Waals surface area (Å²) in [5, 5.41) is 9.44. The van der Waals surface area contributed by atoms with Crippen LogP contribution in [0.1, 0.15) is 37.1 Å². The van der Waals surface area contributed by atoms with Crippen LogP contribution in [0.4, 0.5) is 17.5 Å². The van der Waals surface area contributed by atoms with Crippen LogP contribution in [0.25, 0.3) is 0 Å². The first-order valence-electron chi connectivity index (χ1n) is 9.17. The molecule has 1 aliphatic rings. The molecule has 0 bridgehead atoms. The lowest BCUT2D eigenvalue weighted by molar-refractivity contribution is -0.124. The second-order valence-electron chi connectivity index (χ2n) is 6.73. The standard InChI is InChI=1S/C19H26N6O/c1-13-7-8-20-16(11-13)25-18-12-17(23-14(2)24-18)21-9-10-22-19(26)15-5-3-4-6-15/h7-8,11-12,15H,3-6,9-10H2,1-2H3,(H,22,26)(H2,20,21,23,24,25). The number of nitrogens with one attached hydrogen (secondary N) is 3. The molecule has 1 aliphatic carbocycles.